The highest BCUT2D eigenvalue weighted by molar-refractivity contribution is 6.04. The van der Waals surface area contributed by atoms with E-state index in [0.717, 1.165) is 17.7 Å². The molecule has 0 aliphatic carbocycles. The fourth-order valence-corrected chi connectivity index (χ4v) is 4.49. The molecule has 0 saturated heterocycles. The number of alkyl halides is 3. The highest BCUT2D eigenvalue weighted by Crippen LogP contribution is 2.30. The van der Waals surface area contributed by atoms with Gasteiger partial charge in [0.05, 0.1) is 5.56 Å². The molecule has 0 atom stereocenters. The number of nitrogens with one attached hydrogen (secondary N) is 4. The summed E-state index contributed by atoms with van der Waals surface area (Å²) in [7, 11) is 3.82. The van der Waals surface area contributed by atoms with Gasteiger partial charge in [-0.15, -0.1) is 0 Å². The number of anilines is 6. The number of hydrogen-bond acceptors (Lipinski definition) is 8. The topological polar surface area (TPSA) is 129 Å². The molecule has 242 valence electrons. The van der Waals surface area contributed by atoms with Gasteiger partial charge in [-0.3, -0.25) is 14.2 Å². The third-order valence-electron chi connectivity index (χ3n) is 6.94. The molecule has 0 saturated carbocycles. The number of aryl methyl sites for hydroxylation is 1. The molecule has 0 unspecified atom stereocenters. The summed E-state index contributed by atoms with van der Waals surface area (Å²) >= 11 is 0. The van der Waals surface area contributed by atoms with E-state index in [1.807, 2.05) is 38.1 Å². The van der Waals surface area contributed by atoms with Gasteiger partial charge in [-0.05, 0) is 75.1 Å². The smallest absolute Gasteiger partial charge is 0.340 e. The first-order valence-corrected chi connectivity index (χ1v) is 14.5. The Morgan fingerprint density at radius 3 is 2.40 bits per heavy atom. The van der Waals surface area contributed by atoms with Gasteiger partial charge in [-0.2, -0.15) is 13.2 Å². The lowest BCUT2D eigenvalue weighted by molar-refractivity contribution is -0.137. The van der Waals surface area contributed by atoms with Crippen molar-refractivity contribution in [1.29, 1.82) is 0 Å². The van der Waals surface area contributed by atoms with Gasteiger partial charge < -0.3 is 26.2 Å². The van der Waals surface area contributed by atoms with Gasteiger partial charge >= 0.3 is 6.18 Å². The van der Waals surface area contributed by atoms with Gasteiger partial charge in [-0.25, -0.2) is 15.0 Å². The summed E-state index contributed by atoms with van der Waals surface area (Å²) in [5.74, 6) is 0.662. The molecule has 3 aromatic carbocycles. The molecule has 0 radical (unpaired) electrons. The lowest BCUT2D eigenvalue weighted by Gasteiger charge is -2.14. The van der Waals surface area contributed by atoms with Crippen LogP contribution in [0.2, 0.25) is 0 Å². The van der Waals surface area contributed by atoms with Crippen molar-refractivity contribution in [3.8, 4) is 5.82 Å². The number of hydrogen-bond donors (Lipinski definition) is 4. The molecule has 14 heteroatoms. The van der Waals surface area contributed by atoms with Crippen LogP contribution in [0.4, 0.5) is 47.7 Å². The van der Waals surface area contributed by atoms with Crippen LogP contribution in [0.15, 0.2) is 91.5 Å². The zero-order valence-electron chi connectivity index (χ0n) is 25.8. The van der Waals surface area contributed by atoms with E-state index < -0.39 is 17.6 Å². The Kier molecular flexibility index (Phi) is 9.80. The van der Waals surface area contributed by atoms with Crippen molar-refractivity contribution in [3.05, 3.63) is 108 Å². The fraction of sp³-hybridized carbons (Fsp3) is 0.182. The van der Waals surface area contributed by atoms with E-state index in [0.29, 0.717) is 53.3 Å². The molecule has 0 fully saturated rings. The standard InChI is InChI=1S/C33H32F3N9O2/c1-21-10-11-26(42-31(47)22-6-4-7-23(16-22)33(34,35)36)18-27(21)43-32-37-13-15-45(32)29-19-28(38-20-39-29)40-24-8-5-9-25(17-24)41-30(46)12-14-44(2)3/h4-11,13,15-20H,12,14H2,1-3H3,(H,37,43)(H,41,46)(H,42,47)(H,38,39,40). The number of carbonyl (C=O) groups is 2. The van der Waals surface area contributed by atoms with E-state index in [1.54, 1.807) is 53.4 Å². The molecule has 47 heavy (non-hydrogen) atoms. The summed E-state index contributed by atoms with van der Waals surface area (Å²) < 4.78 is 41.1. The summed E-state index contributed by atoms with van der Waals surface area (Å²) in [5, 5.41) is 12.0. The number of rotatable bonds is 11. The molecule has 2 amide bonds. The molecule has 5 rings (SSSR count). The molecule has 0 spiro atoms. The lowest BCUT2D eigenvalue weighted by atomic mass is 10.1. The molecule has 0 aliphatic heterocycles. The Balaban J connectivity index is 1.29. The maximum atomic E-state index is 13.1. The number of carbonyl (C=O) groups excluding carboxylic acids is 2. The van der Waals surface area contributed by atoms with Crippen molar-refractivity contribution in [2.24, 2.45) is 0 Å². The average Bonchev–Trinajstić information content (AvgIpc) is 3.50. The van der Waals surface area contributed by atoms with Crippen LogP contribution in [-0.2, 0) is 11.0 Å². The molecule has 4 N–H and O–H groups in total. The lowest BCUT2D eigenvalue weighted by Crippen LogP contribution is -2.20. The molecule has 0 bridgehead atoms. The van der Waals surface area contributed by atoms with Crippen molar-refractivity contribution < 1.29 is 22.8 Å². The average molecular weight is 644 g/mol. The molecule has 11 nitrogen and oxygen atoms in total. The van der Waals surface area contributed by atoms with Gasteiger partial charge in [0.2, 0.25) is 11.9 Å². The van der Waals surface area contributed by atoms with Crippen LogP contribution in [0.1, 0.15) is 27.9 Å². The first-order chi connectivity index (χ1) is 22.4. The molecular weight excluding hydrogens is 611 g/mol. The normalized spacial score (nSPS) is 11.3. The van der Waals surface area contributed by atoms with Crippen LogP contribution in [-0.4, -0.2) is 56.9 Å². The molecule has 0 aliphatic rings. The Hall–Kier alpha value is -5.76. The summed E-state index contributed by atoms with van der Waals surface area (Å²) in [5.41, 5.74) is 2.16. The number of imidazole rings is 1. The van der Waals surface area contributed by atoms with E-state index >= 15 is 0 Å². The van der Waals surface area contributed by atoms with Crippen molar-refractivity contribution in [1.82, 2.24) is 24.4 Å². The fourth-order valence-electron chi connectivity index (χ4n) is 4.49. The second-order valence-corrected chi connectivity index (χ2v) is 10.9. The van der Waals surface area contributed by atoms with Gasteiger partial charge in [0.1, 0.15) is 18.0 Å². The van der Waals surface area contributed by atoms with Crippen LogP contribution in [0.25, 0.3) is 5.82 Å². The van der Waals surface area contributed by atoms with E-state index in [-0.39, 0.29) is 11.5 Å². The van der Waals surface area contributed by atoms with Gasteiger partial charge in [0.15, 0.2) is 0 Å². The Morgan fingerprint density at radius 2 is 1.62 bits per heavy atom. The van der Waals surface area contributed by atoms with Crippen LogP contribution in [0, 0.1) is 6.92 Å². The van der Waals surface area contributed by atoms with Crippen LogP contribution in [0.5, 0.6) is 0 Å². The highest BCUT2D eigenvalue weighted by atomic mass is 19.4. The first kappa shape index (κ1) is 32.6. The van der Waals surface area contributed by atoms with E-state index in [9.17, 15) is 22.8 Å². The Bertz CT molecular complexity index is 1890. The van der Waals surface area contributed by atoms with E-state index in [1.165, 1.54) is 18.5 Å². The summed E-state index contributed by atoms with van der Waals surface area (Å²) in [6.07, 6.45) is 0.528. The van der Waals surface area contributed by atoms with Crippen LogP contribution < -0.4 is 21.3 Å². The number of aromatic nitrogens is 4. The largest absolute Gasteiger partial charge is 0.416 e. The second kappa shape index (κ2) is 14.1. The molecule has 2 aromatic heterocycles. The number of amides is 2. The third kappa shape index (κ3) is 8.70. The van der Waals surface area contributed by atoms with E-state index in [2.05, 4.69) is 36.2 Å². The zero-order valence-corrected chi connectivity index (χ0v) is 25.8. The predicted molar refractivity (Wildman–Crippen MR) is 175 cm³/mol. The maximum Gasteiger partial charge on any atom is 0.416 e. The highest BCUT2D eigenvalue weighted by Gasteiger charge is 2.31. The second-order valence-electron chi connectivity index (χ2n) is 10.9. The molecule has 5 aromatic rings. The minimum Gasteiger partial charge on any atom is -0.340 e. The summed E-state index contributed by atoms with van der Waals surface area (Å²) in [4.78, 5) is 40.1. The van der Waals surface area contributed by atoms with Gasteiger partial charge in [-0.1, -0.05) is 18.2 Å². The predicted octanol–water partition coefficient (Wildman–Crippen LogP) is 6.62. The number of benzene rings is 3. The molecule has 2 heterocycles. The van der Waals surface area contributed by atoms with Gasteiger partial charge in [0, 0.05) is 59.7 Å². The minimum absolute atomic E-state index is 0.0841. The van der Waals surface area contributed by atoms with Gasteiger partial charge in [0.25, 0.3) is 5.91 Å². The first-order valence-electron chi connectivity index (χ1n) is 14.5. The summed E-state index contributed by atoms with van der Waals surface area (Å²) in [6.45, 7) is 2.50. The number of nitrogens with zero attached hydrogens (tertiary/aromatic N) is 5. The SMILES string of the molecule is Cc1ccc(NC(=O)c2cccc(C(F)(F)F)c2)cc1Nc1nccn1-c1cc(Nc2cccc(NC(=O)CCN(C)C)c2)ncn1. The van der Waals surface area contributed by atoms with Crippen molar-refractivity contribution in [3.63, 3.8) is 0 Å². The van der Waals surface area contributed by atoms with Crippen LogP contribution >= 0.6 is 0 Å². The van der Waals surface area contributed by atoms with Crippen molar-refractivity contribution >= 4 is 46.3 Å². The molecular formula is C33H32F3N9O2. The minimum atomic E-state index is -4.56. The third-order valence-corrected chi connectivity index (χ3v) is 6.94. The van der Waals surface area contributed by atoms with E-state index in [4.69, 9.17) is 0 Å². The monoisotopic (exact) mass is 643 g/mol. The summed E-state index contributed by atoms with van der Waals surface area (Å²) in [6, 6.07) is 18.3. The zero-order chi connectivity index (χ0) is 33.6. The van der Waals surface area contributed by atoms with Crippen molar-refractivity contribution in [2.45, 2.75) is 19.5 Å². The maximum absolute atomic E-state index is 13.1. The quantitative estimate of drug-likeness (QED) is 0.126. The number of halogens is 3. The Labute approximate surface area is 268 Å². The Morgan fingerprint density at radius 1 is 0.851 bits per heavy atom. The van der Waals surface area contributed by atoms with Crippen LogP contribution in [0.3, 0.4) is 0 Å². The van der Waals surface area contributed by atoms with Crippen molar-refractivity contribution in [2.75, 3.05) is 41.9 Å².